The van der Waals surface area contributed by atoms with Gasteiger partial charge < -0.3 is 11.8 Å². The molecule has 0 aliphatic rings. The van der Waals surface area contributed by atoms with Crippen LogP contribution in [0.15, 0.2) is 0 Å². The summed E-state index contributed by atoms with van der Waals surface area (Å²) in [6.45, 7) is 4.75. The van der Waals surface area contributed by atoms with Crippen LogP contribution in [0.1, 0.15) is 0 Å². The van der Waals surface area contributed by atoms with Gasteiger partial charge in [-0.3, -0.25) is 0 Å². The van der Waals surface area contributed by atoms with Crippen molar-refractivity contribution in [1.82, 2.24) is 0 Å². The van der Waals surface area contributed by atoms with Crippen molar-refractivity contribution in [2.24, 2.45) is 0 Å². The Kier molecular flexibility index (Phi) is 55900. The van der Waals surface area contributed by atoms with Crippen molar-refractivity contribution >= 4 is 0 Å². The second-order valence-corrected chi connectivity index (χ2v) is 0. The van der Waals surface area contributed by atoms with E-state index in [1.54, 1.807) is 0 Å². The van der Waals surface area contributed by atoms with Crippen LogP contribution in [0.5, 0.6) is 0 Å². The molecule has 2 nitrogen and oxygen atoms in total. The molecule has 0 spiro atoms. The summed E-state index contributed by atoms with van der Waals surface area (Å²) in [5.41, 5.74) is 0. The summed E-state index contributed by atoms with van der Waals surface area (Å²) >= 11 is 0.700. The fraction of sp³-hybridized carbons (Fsp3) is 0. The van der Waals surface area contributed by atoms with E-state index in [9.17, 15) is 0 Å². The Morgan fingerprint density at radius 2 is 1.50 bits per heavy atom. The van der Waals surface area contributed by atoms with Gasteiger partial charge >= 0.3 is 23.2 Å². The van der Waals surface area contributed by atoms with E-state index in [0.29, 0.717) is 19.8 Å². The fourth-order valence-electron chi connectivity index (χ4n) is 0. The molecule has 0 aromatic heterocycles. The second kappa shape index (κ2) is 24800. The summed E-state index contributed by atoms with van der Waals surface area (Å²) < 4.78 is 8.26. The average Bonchev–Trinajstić information content (AvgIpc) is 1.50. The average molecular weight is 138 g/mol. The summed E-state index contributed by atoms with van der Waals surface area (Å²) in [6.07, 6.45) is 0. The predicted molar refractivity (Wildman–Crippen MR) is 5.65 cm³/mol. The molecular weight excluding hydrogens is 138 g/mol. The van der Waals surface area contributed by atoms with Gasteiger partial charge in [-0.05, 0) is 0 Å². The van der Waals surface area contributed by atoms with E-state index >= 15 is 0 Å². The molecule has 0 rings (SSSR count). The first kappa shape index (κ1) is 9.02. The molecule has 0 bridgehead atoms. The zero-order valence-electron chi connectivity index (χ0n) is 1.76. The summed E-state index contributed by atoms with van der Waals surface area (Å²) in [5, 5.41) is 6.25. The van der Waals surface area contributed by atoms with Crippen molar-refractivity contribution in [2.75, 3.05) is 0 Å². The van der Waals surface area contributed by atoms with Crippen LogP contribution in [-0.2, 0) is 23.2 Å². The van der Waals surface area contributed by atoms with Gasteiger partial charge in [0.25, 0.3) is 0 Å². The van der Waals surface area contributed by atoms with Crippen LogP contribution in [0.4, 0.5) is 0 Å². The second-order valence-electron chi connectivity index (χ2n) is 0. The normalized spacial score (nSPS) is 1.50. The van der Waals surface area contributed by atoms with Gasteiger partial charge in [0.15, 0.2) is 0 Å². The Labute approximate surface area is 35.6 Å². The molecule has 0 saturated heterocycles. The molecule has 0 fully saturated rings. The Morgan fingerprint density at radius 3 is 1.50 bits per heavy atom. The van der Waals surface area contributed by atoms with Gasteiger partial charge in [0, 0.05) is 0 Å². The fourth-order valence-corrected chi connectivity index (χ4v) is 0. The van der Waals surface area contributed by atoms with Gasteiger partial charge in [-0.15, -0.1) is 0 Å². The molecule has 3 heteroatoms. The summed E-state index contributed by atoms with van der Waals surface area (Å²) in [7, 11) is 0. The molecule has 0 saturated carbocycles. The molecule has 0 heterocycles. The number of nitrogens with zero attached hydrogens (tertiary/aromatic N) is 1. The van der Waals surface area contributed by atoms with Crippen molar-refractivity contribution in [3.05, 3.63) is 6.57 Å². The molecule has 0 radical (unpaired) electrons. The summed E-state index contributed by atoms with van der Waals surface area (Å²) in [5.74, 6) is 0. The van der Waals surface area contributed by atoms with E-state index in [-0.39, 0.29) is 0 Å². The Bertz CT molecular complexity index is 19.2. The molecule has 0 atom stereocenters. The van der Waals surface area contributed by atoms with Gasteiger partial charge in [0.05, 0.1) is 0 Å². The first-order valence-electron chi connectivity index (χ1n) is 0.390. The maximum absolute atomic E-state index is 8.26. The van der Waals surface area contributed by atoms with E-state index < -0.39 is 0 Å². The third-order valence-corrected chi connectivity index (χ3v) is 0. The van der Waals surface area contributed by atoms with Crippen molar-refractivity contribution in [1.29, 1.82) is 5.26 Å². The third-order valence-electron chi connectivity index (χ3n) is 0. The zero-order chi connectivity index (χ0) is 4.00. The van der Waals surface area contributed by atoms with Crippen LogP contribution in [0.25, 0.3) is 0 Å². The first-order valence-corrected chi connectivity index (χ1v) is 1.21. The molecule has 0 aromatic carbocycles. The quantitative estimate of drug-likeness (QED) is 0.348. The van der Waals surface area contributed by atoms with Crippen molar-refractivity contribution in [2.45, 2.75) is 0 Å². The van der Waals surface area contributed by atoms with E-state index in [1.807, 2.05) is 0 Å². The van der Waals surface area contributed by atoms with E-state index in [1.165, 1.54) is 0 Å². The zero-order valence-corrected chi connectivity index (χ0v) is 3.77. The van der Waals surface area contributed by atoms with Gasteiger partial charge in [0.1, 0.15) is 0 Å². The van der Waals surface area contributed by atoms with Gasteiger partial charge in [-0.1, -0.05) is 0 Å². The van der Waals surface area contributed by atoms with E-state index in [0.717, 1.165) is 0 Å². The summed E-state index contributed by atoms with van der Waals surface area (Å²) in [6, 6.07) is 0. The first-order chi connectivity index (χ1) is 2.00. The standard InChI is InChI=1S/CN.Mo.O/c1-2;;/q-1;;. The molecule has 0 aromatic rings. The molecule has 0 amide bonds. The Morgan fingerprint density at radius 1 is 1.50 bits per heavy atom. The summed E-state index contributed by atoms with van der Waals surface area (Å²) in [4.78, 5) is 0. The molecular formula is CMoNO-. The number of hydrogen-bond acceptors (Lipinski definition) is 2. The maximum atomic E-state index is 8.26. The van der Waals surface area contributed by atoms with Crippen LogP contribution in [0, 0.1) is 11.8 Å². The molecule has 22 valence electrons. The van der Waals surface area contributed by atoms with Crippen LogP contribution in [0.2, 0.25) is 0 Å². The Hall–Kier alpha value is -0.0217. The minimum absolute atomic E-state index is 0.700. The SMILES string of the molecule is [C-]#N.[O]=[Mo]. The molecule has 0 aliphatic carbocycles. The van der Waals surface area contributed by atoms with Crippen molar-refractivity contribution in [3.8, 4) is 0 Å². The van der Waals surface area contributed by atoms with Crippen LogP contribution >= 0.6 is 0 Å². The van der Waals surface area contributed by atoms with E-state index in [2.05, 4.69) is 0 Å². The monoisotopic (exact) mass is 140 g/mol. The molecule has 0 N–H and O–H groups in total. The van der Waals surface area contributed by atoms with Crippen molar-refractivity contribution < 1.29 is 23.2 Å². The number of hydrogen-bond donors (Lipinski definition) is 0. The third kappa shape index (κ3) is 4030. The Balaban J connectivity index is 0. The molecule has 4 heavy (non-hydrogen) atoms. The van der Waals surface area contributed by atoms with Gasteiger partial charge in [0.2, 0.25) is 0 Å². The van der Waals surface area contributed by atoms with Crippen LogP contribution < -0.4 is 0 Å². The van der Waals surface area contributed by atoms with Gasteiger partial charge in [-0.2, -0.15) is 0 Å². The van der Waals surface area contributed by atoms with Crippen LogP contribution in [-0.4, -0.2) is 0 Å². The minimum atomic E-state index is 0.700. The number of rotatable bonds is 0. The van der Waals surface area contributed by atoms with Crippen LogP contribution in [0.3, 0.4) is 0 Å². The van der Waals surface area contributed by atoms with E-state index in [4.69, 9.17) is 15.2 Å². The predicted octanol–water partition coefficient (Wildman–Crippen LogP) is -0.0249. The molecule has 0 aliphatic heterocycles. The molecule has 0 unspecified atom stereocenters. The topological polar surface area (TPSA) is 40.9 Å². The van der Waals surface area contributed by atoms with Gasteiger partial charge in [-0.25, -0.2) is 0 Å². The van der Waals surface area contributed by atoms with Crippen molar-refractivity contribution in [3.63, 3.8) is 0 Å².